The first-order valence-corrected chi connectivity index (χ1v) is 10.4. The van der Waals surface area contributed by atoms with Crippen LogP contribution in [0.25, 0.3) is 0 Å². The van der Waals surface area contributed by atoms with E-state index in [1.54, 1.807) is 12.3 Å². The number of carbonyl (C=O) groups is 1. The van der Waals surface area contributed by atoms with Gasteiger partial charge in [-0.2, -0.15) is 0 Å². The van der Waals surface area contributed by atoms with Crippen LogP contribution in [0, 0.1) is 0 Å². The smallest absolute Gasteiger partial charge is 0.255 e. The van der Waals surface area contributed by atoms with Gasteiger partial charge in [0.05, 0.1) is 19.0 Å². The van der Waals surface area contributed by atoms with Crippen molar-refractivity contribution in [3.8, 4) is 5.75 Å². The van der Waals surface area contributed by atoms with E-state index in [1.165, 1.54) is 39.4 Å². The standard InChI is InChI=1S/C19H24N4O4S/c1-22(2)28(25,26)17-12-14(6-8-16(17)27-3)19(24)21-15-7-9-18(20-13-15)23-10-4-5-11-23/h6-9,12-13H,4-5,10-11H2,1-3H3,(H,21,24). The van der Waals surface area contributed by atoms with Gasteiger partial charge in [0.15, 0.2) is 0 Å². The van der Waals surface area contributed by atoms with E-state index in [4.69, 9.17) is 4.74 Å². The fourth-order valence-corrected chi connectivity index (χ4v) is 4.09. The van der Waals surface area contributed by atoms with Gasteiger partial charge < -0.3 is 15.0 Å². The molecule has 1 saturated heterocycles. The highest BCUT2D eigenvalue weighted by Gasteiger charge is 2.24. The lowest BCUT2D eigenvalue weighted by Crippen LogP contribution is -2.23. The number of methoxy groups -OCH3 is 1. The number of ether oxygens (including phenoxy) is 1. The summed E-state index contributed by atoms with van der Waals surface area (Å²) in [6, 6.07) is 7.97. The third kappa shape index (κ3) is 4.10. The third-order valence-corrected chi connectivity index (χ3v) is 6.46. The quantitative estimate of drug-likeness (QED) is 0.794. The van der Waals surface area contributed by atoms with Gasteiger partial charge in [0.25, 0.3) is 5.91 Å². The molecule has 1 amide bonds. The van der Waals surface area contributed by atoms with E-state index in [-0.39, 0.29) is 16.2 Å². The highest BCUT2D eigenvalue weighted by Crippen LogP contribution is 2.27. The van der Waals surface area contributed by atoms with Gasteiger partial charge in [-0.1, -0.05) is 0 Å². The van der Waals surface area contributed by atoms with Crippen molar-refractivity contribution in [3.05, 3.63) is 42.1 Å². The zero-order chi connectivity index (χ0) is 20.3. The number of hydrogen-bond acceptors (Lipinski definition) is 6. The van der Waals surface area contributed by atoms with Crippen molar-refractivity contribution in [2.75, 3.05) is 44.5 Å². The average Bonchev–Trinajstić information content (AvgIpc) is 3.22. The highest BCUT2D eigenvalue weighted by molar-refractivity contribution is 7.89. The monoisotopic (exact) mass is 404 g/mol. The summed E-state index contributed by atoms with van der Waals surface area (Å²) < 4.78 is 31.2. The lowest BCUT2D eigenvalue weighted by atomic mass is 10.2. The lowest BCUT2D eigenvalue weighted by molar-refractivity contribution is 0.102. The summed E-state index contributed by atoms with van der Waals surface area (Å²) in [4.78, 5) is 19.2. The molecule has 0 bridgehead atoms. The number of carbonyl (C=O) groups excluding carboxylic acids is 1. The van der Waals surface area contributed by atoms with E-state index in [0.717, 1.165) is 36.1 Å². The molecule has 0 radical (unpaired) electrons. The molecule has 1 aromatic heterocycles. The Morgan fingerprint density at radius 2 is 1.89 bits per heavy atom. The molecular weight excluding hydrogens is 380 g/mol. The van der Waals surface area contributed by atoms with Crippen molar-refractivity contribution in [1.82, 2.24) is 9.29 Å². The Hall–Kier alpha value is -2.65. The van der Waals surface area contributed by atoms with Crippen LogP contribution in [0.2, 0.25) is 0 Å². The molecule has 1 aliphatic rings. The number of benzene rings is 1. The predicted octanol–water partition coefficient (Wildman–Crippen LogP) is 2.19. The first-order chi connectivity index (χ1) is 13.3. The molecular formula is C19H24N4O4S. The summed E-state index contributed by atoms with van der Waals surface area (Å²) in [5, 5.41) is 2.75. The number of pyridine rings is 1. The van der Waals surface area contributed by atoms with E-state index >= 15 is 0 Å². The average molecular weight is 404 g/mol. The van der Waals surface area contributed by atoms with Crippen LogP contribution >= 0.6 is 0 Å². The highest BCUT2D eigenvalue weighted by atomic mass is 32.2. The minimum absolute atomic E-state index is 0.0600. The fraction of sp³-hybridized carbons (Fsp3) is 0.368. The summed E-state index contributed by atoms with van der Waals surface area (Å²) in [7, 11) is 0.485. The number of nitrogens with zero attached hydrogens (tertiary/aromatic N) is 3. The molecule has 2 heterocycles. The molecule has 2 aromatic rings. The van der Waals surface area contributed by atoms with E-state index in [1.807, 2.05) is 6.07 Å². The predicted molar refractivity (Wildman–Crippen MR) is 108 cm³/mol. The molecule has 3 rings (SSSR count). The number of aromatic nitrogens is 1. The van der Waals surface area contributed by atoms with E-state index < -0.39 is 15.9 Å². The Morgan fingerprint density at radius 1 is 1.18 bits per heavy atom. The maximum absolute atomic E-state index is 12.6. The Kier molecular flexibility index (Phi) is 5.85. The summed E-state index contributed by atoms with van der Waals surface area (Å²) in [5.74, 6) is 0.648. The largest absolute Gasteiger partial charge is 0.495 e. The van der Waals surface area contributed by atoms with Crippen LogP contribution in [0.5, 0.6) is 5.75 Å². The SMILES string of the molecule is COc1ccc(C(=O)Nc2ccc(N3CCCC3)nc2)cc1S(=O)(=O)N(C)C. The summed E-state index contributed by atoms with van der Waals surface area (Å²) in [5.41, 5.74) is 0.755. The van der Waals surface area contributed by atoms with Crippen molar-refractivity contribution < 1.29 is 17.9 Å². The van der Waals surface area contributed by atoms with Crippen LogP contribution < -0.4 is 15.0 Å². The molecule has 0 saturated carbocycles. The second kappa shape index (κ2) is 8.15. The van der Waals surface area contributed by atoms with Gasteiger partial charge in [-0.05, 0) is 43.2 Å². The van der Waals surface area contributed by atoms with Crippen molar-refractivity contribution in [2.24, 2.45) is 0 Å². The number of rotatable bonds is 6. The minimum Gasteiger partial charge on any atom is -0.495 e. The van der Waals surface area contributed by atoms with E-state index in [9.17, 15) is 13.2 Å². The van der Waals surface area contributed by atoms with Gasteiger partial charge in [-0.25, -0.2) is 17.7 Å². The Labute approximate surface area is 165 Å². The van der Waals surface area contributed by atoms with Gasteiger partial charge in [0.1, 0.15) is 16.5 Å². The molecule has 28 heavy (non-hydrogen) atoms. The van der Waals surface area contributed by atoms with Crippen LogP contribution in [-0.4, -0.2) is 57.9 Å². The normalized spacial score (nSPS) is 14.4. The van der Waals surface area contributed by atoms with Gasteiger partial charge in [-0.3, -0.25) is 4.79 Å². The first-order valence-electron chi connectivity index (χ1n) is 8.96. The molecule has 0 spiro atoms. The van der Waals surface area contributed by atoms with E-state index in [2.05, 4.69) is 15.2 Å². The van der Waals surface area contributed by atoms with Gasteiger partial charge in [0, 0.05) is 32.7 Å². The molecule has 0 unspecified atom stereocenters. The number of hydrogen-bond donors (Lipinski definition) is 1. The minimum atomic E-state index is -3.75. The zero-order valence-corrected chi connectivity index (χ0v) is 17.0. The Morgan fingerprint density at radius 3 is 2.46 bits per heavy atom. The van der Waals surface area contributed by atoms with Crippen LogP contribution in [-0.2, 0) is 10.0 Å². The number of sulfonamides is 1. The second-order valence-corrected chi connectivity index (χ2v) is 8.83. The van der Waals surface area contributed by atoms with Crippen molar-refractivity contribution in [2.45, 2.75) is 17.7 Å². The fourth-order valence-electron chi connectivity index (χ4n) is 3.01. The van der Waals surface area contributed by atoms with Crippen molar-refractivity contribution in [1.29, 1.82) is 0 Å². The number of anilines is 2. The second-order valence-electron chi connectivity index (χ2n) is 6.71. The first kappa shape index (κ1) is 20.1. The molecule has 150 valence electrons. The number of nitrogens with one attached hydrogen (secondary N) is 1. The topological polar surface area (TPSA) is 91.8 Å². The Bertz CT molecular complexity index is 952. The molecule has 1 aromatic carbocycles. The van der Waals surface area contributed by atoms with Crippen LogP contribution in [0.1, 0.15) is 23.2 Å². The summed E-state index contributed by atoms with van der Waals surface area (Å²) >= 11 is 0. The van der Waals surface area contributed by atoms with Crippen molar-refractivity contribution in [3.63, 3.8) is 0 Å². The van der Waals surface area contributed by atoms with Crippen LogP contribution in [0.3, 0.4) is 0 Å². The maximum Gasteiger partial charge on any atom is 0.255 e. The lowest BCUT2D eigenvalue weighted by Gasteiger charge is -2.17. The third-order valence-electron chi connectivity index (χ3n) is 4.62. The molecule has 9 heteroatoms. The van der Waals surface area contributed by atoms with Crippen LogP contribution in [0.15, 0.2) is 41.4 Å². The molecule has 8 nitrogen and oxygen atoms in total. The molecule has 0 aliphatic carbocycles. The molecule has 0 atom stereocenters. The van der Waals surface area contributed by atoms with Gasteiger partial charge in [0.2, 0.25) is 10.0 Å². The van der Waals surface area contributed by atoms with E-state index in [0.29, 0.717) is 5.69 Å². The maximum atomic E-state index is 12.6. The van der Waals surface area contributed by atoms with Crippen LogP contribution in [0.4, 0.5) is 11.5 Å². The Balaban J connectivity index is 1.80. The molecule has 1 N–H and O–H groups in total. The summed E-state index contributed by atoms with van der Waals surface area (Å²) in [6.07, 6.45) is 3.93. The zero-order valence-electron chi connectivity index (χ0n) is 16.2. The van der Waals surface area contributed by atoms with Gasteiger partial charge >= 0.3 is 0 Å². The van der Waals surface area contributed by atoms with Crippen molar-refractivity contribution >= 4 is 27.4 Å². The molecule has 1 fully saturated rings. The van der Waals surface area contributed by atoms with Gasteiger partial charge in [-0.15, -0.1) is 0 Å². The summed E-state index contributed by atoms with van der Waals surface area (Å²) in [6.45, 7) is 1.99. The molecule has 1 aliphatic heterocycles. The number of amides is 1.